The van der Waals surface area contributed by atoms with Crippen LogP contribution < -0.4 is 0 Å². The van der Waals surface area contributed by atoms with E-state index in [-0.39, 0.29) is 5.82 Å². The van der Waals surface area contributed by atoms with Gasteiger partial charge in [-0.25, -0.2) is 19.3 Å². The quantitative estimate of drug-likeness (QED) is 0.539. The molecule has 2 bridgehead atoms. The number of aromatic amines is 1. The van der Waals surface area contributed by atoms with E-state index in [9.17, 15) is 9.65 Å². The van der Waals surface area contributed by atoms with Gasteiger partial charge >= 0.3 is 0 Å². The Morgan fingerprint density at radius 1 is 1.14 bits per heavy atom. The Kier molecular flexibility index (Phi) is 3.51. The van der Waals surface area contributed by atoms with Gasteiger partial charge in [0.1, 0.15) is 17.4 Å². The second-order valence-electron chi connectivity index (χ2n) is 8.33. The lowest BCUT2D eigenvalue weighted by molar-refractivity contribution is 0.107. The van der Waals surface area contributed by atoms with Crippen molar-refractivity contribution in [3.05, 3.63) is 42.2 Å². The third kappa shape index (κ3) is 2.48. The number of nitriles is 1. The fourth-order valence-electron chi connectivity index (χ4n) is 5.31. The summed E-state index contributed by atoms with van der Waals surface area (Å²) in [7, 11) is 0. The zero-order valence-corrected chi connectivity index (χ0v) is 15.8. The topological polar surface area (TPSA) is 83.2 Å². The van der Waals surface area contributed by atoms with E-state index in [0.29, 0.717) is 40.0 Å². The summed E-state index contributed by atoms with van der Waals surface area (Å²) < 4.78 is 16.7. The van der Waals surface area contributed by atoms with E-state index in [1.807, 2.05) is 0 Å². The molecule has 0 spiro atoms. The van der Waals surface area contributed by atoms with Crippen molar-refractivity contribution in [3.63, 3.8) is 0 Å². The lowest BCUT2D eigenvalue weighted by Gasteiger charge is -2.43. The van der Waals surface area contributed by atoms with E-state index in [1.54, 1.807) is 24.7 Å². The van der Waals surface area contributed by atoms with Crippen LogP contribution in [0, 0.1) is 29.0 Å². The van der Waals surface area contributed by atoms with Crippen molar-refractivity contribution < 1.29 is 4.39 Å². The molecule has 0 saturated heterocycles. The molecule has 1 atom stereocenters. The minimum absolute atomic E-state index is 0.264. The van der Waals surface area contributed by atoms with Gasteiger partial charge in [-0.15, -0.1) is 0 Å². The summed E-state index contributed by atoms with van der Waals surface area (Å²) in [6.07, 6.45) is 12.7. The van der Waals surface area contributed by atoms with E-state index in [4.69, 9.17) is 4.98 Å². The maximum atomic E-state index is 14.7. The number of aromatic nitrogens is 5. The summed E-state index contributed by atoms with van der Waals surface area (Å²) in [6, 6.07) is 4.21. The molecule has 7 rings (SSSR count). The lowest BCUT2D eigenvalue weighted by atomic mass is 9.68. The fraction of sp³-hybridized carbons (Fsp3) is 0.364. The number of hydrogen-bond donors (Lipinski definition) is 1. The highest BCUT2D eigenvalue weighted by atomic mass is 19.1. The van der Waals surface area contributed by atoms with Crippen LogP contribution in [-0.2, 0) is 0 Å². The highest BCUT2D eigenvalue weighted by molar-refractivity contribution is 5.93. The average molecular weight is 386 g/mol. The van der Waals surface area contributed by atoms with Gasteiger partial charge in [0.15, 0.2) is 11.6 Å². The van der Waals surface area contributed by atoms with Crippen molar-refractivity contribution in [2.75, 3.05) is 0 Å². The third-order valence-electron chi connectivity index (χ3n) is 6.79. The van der Waals surface area contributed by atoms with Gasteiger partial charge in [0.05, 0.1) is 10.9 Å². The molecule has 3 fully saturated rings. The summed E-state index contributed by atoms with van der Waals surface area (Å²) >= 11 is 0. The Morgan fingerprint density at radius 2 is 2.00 bits per heavy atom. The number of hydrogen-bond acceptors (Lipinski definition) is 4. The van der Waals surface area contributed by atoms with Crippen LogP contribution in [0.25, 0.3) is 33.5 Å². The smallest absolute Gasteiger partial charge is 0.163 e. The second-order valence-corrected chi connectivity index (χ2v) is 8.33. The molecule has 3 aliphatic carbocycles. The Hall–Kier alpha value is -3.27. The Balaban J connectivity index is 1.51. The Bertz CT molecular complexity index is 1290. The molecule has 0 amide bonds. The first-order chi connectivity index (χ1) is 14.2. The highest BCUT2D eigenvalue weighted by Gasteiger charge is 2.37. The summed E-state index contributed by atoms with van der Waals surface area (Å²) in [6.45, 7) is 0. The molecule has 4 aromatic rings. The molecule has 29 heavy (non-hydrogen) atoms. The molecule has 0 aliphatic heterocycles. The number of nitrogens with one attached hydrogen (secondary N) is 1. The van der Waals surface area contributed by atoms with Gasteiger partial charge in [-0.1, -0.05) is 12.8 Å². The molecule has 0 radical (unpaired) electrons. The third-order valence-corrected chi connectivity index (χ3v) is 6.79. The second kappa shape index (κ2) is 6.11. The SMILES string of the molecule is N#Cc1cnc2[nH]cc(-c3ncc4c(F)cn([C@H]5CC6CCC5CC6)c4n3)c2c1. The molecule has 3 aliphatic rings. The molecule has 7 heteroatoms. The van der Waals surface area contributed by atoms with Crippen molar-refractivity contribution in [1.82, 2.24) is 24.5 Å². The van der Waals surface area contributed by atoms with E-state index in [1.165, 1.54) is 31.9 Å². The van der Waals surface area contributed by atoms with Gasteiger partial charge < -0.3 is 9.55 Å². The van der Waals surface area contributed by atoms with E-state index in [2.05, 4.69) is 25.6 Å². The average Bonchev–Trinajstić information content (AvgIpc) is 3.34. The minimum atomic E-state index is -0.264. The first-order valence-corrected chi connectivity index (χ1v) is 10.1. The van der Waals surface area contributed by atoms with Crippen molar-refractivity contribution in [2.45, 2.75) is 38.1 Å². The zero-order chi connectivity index (χ0) is 19.5. The predicted octanol–water partition coefficient (Wildman–Crippen LogP) is 4.74. The Labute approximate surface area is 166 Å². The van der Waals surface area contributed by atoms with E-state index >= 15 is 0 Å². The van der Waals surface area contributed by atoms with Crippen LogP contribution in [0.1, 0.15) is 43.7 Å². The lowest BCUT2D eigenvalue weighted by Crippen LogP contribution is -2.32. The maximum Gasteiger partial charge on any atom is 0.163 e. The van der Waals surface area contributed by atoms with E-state index < -0.39 is 0 Å². The van der Waals surface area contributed by atoms with Crippen molar-refractivity contribution in [2.24, 2.45) is 11.8 Å². The summed E-state index contributed by atoms with van der Waals surface area (Å²) in [5, 5.41) is 10.5. The van der Waals surface area contributed by atoms with Crippen LogP contribution in [-0.4, -0.2) is 24.5 Å². The molecule has 1 N–H and O–H groups in total. The van der Waals surface area contributed by atoms with E-state index in [0.717, 1.165) is 23.3 Å². The molecular formula is C22H19FN6. The largest absolute Gasteiger partial charge is 0.345 e. The number of fused-ring (bicyclic) bond motifs is 5. The molecule has 6 nitrogen and oxygen atoms in total. The van der Waals surface area contributed by atoms with Crippen LogP contribution in [0.4, 0.5) is 4.39 Å². The standard InChI is InChI=1S/C22H19FN6/c23-18-11-29(19-6-12-1-3-14(19)4-2-12)22-17(18)10-27-21(28-22)16-9-26-20-15(16)5-13(7-24)8-25-20/h5,8-12,14,19H,1-4,6H2,(H,25,26)/t12?,14?,19-/m0/s1. The van der Waals surface area contributed by atoms with Gasteiger partial charge in [0, 0.05) is 41.8 Å². The van der Waals surface area contributed by atoms with Crippen LogP contribution in [0.15, 0.2) is 30.9 Å². The molecule has 144 valence electrons. The summed E-state index contributed by atoms with van der Waals surface area (Å²) in [4.78, 5) is 16.6. The van der Waals surface area contributed by atoms with Crippen molar-refractivity contribution in [3.8, 4) is 17.5 Å². The van der Waals surface area contributed by atoms with Gasteiger partial charge in [-0.05, 0) is 37.2 Å². The first kappa shape index (κ1) is 16.7. The number of nitrogens with zero attached hydrogens (tertiary/aromatic N) is 5. The van der Waals surface area contributed by atoms with Crippen molar-refractivity contribution in [1.29, 1.82) is 5.26 Å². The van der Waals surface area contributed by atoms with Crippen LogP contribution in [0.3, 0.4) is 0 Å². The number of pyridine rings is 1. The molecular weight excluding hydrogens is 367 g/mol. The van der Waals surface area contributed by atoms with Crippen LogP contribution in [0.5, 0.6) is 0 Å². The molecule has 4 heterocycles. The molecule has 3 saturated carbocycles. The van der Waals surface area contributed by atoms with Gasteiger partial charge in [0.2, 0.25) is 0 Å². The highest BCUT2D eigenvalue weighted by Crippen LogP contribution is 2.48. The monoisotopic (exact) mass is 386 g/mol. The summed E-state index contributed by atoms with van der Waals surface area (Å²) in [5.41, 5.74) is 2.58. The van der Waals surface area contributed by atoms with Gasteiger partial charge in [-0.3, -0.25) is 0 Å². The number of H-pyrrole nitrogens is 1. The Morgan fingerprint density at radius 3 is 2.76 bits per heavy atom. The molecule has 0 unspecified atom stereocenters. The maximum absolute atomic E-state index is 14.7. The van der Waals surface area contributed by atoms with Crippen LogP contribution in [0.2, 0.25) is 0 Å². The minimum Gasteiger partial charge on any atom is -0.345 e. The zero-order valence-electron chi connectivity index (χ0n) is 15.8. The number of rotatable bonds is 2. The first-order valence-electron chi connectivity index (χ1n) is 10.1. The van der Waals surface area contributed by atoms with Gasteiger partial charge in [0.25, 0.3) is 0 Å². The molecule has 0 aromatic carbocycles. The van der Waals surface area contributed by atoms with Gasteiger partial charge in [-0.2, -0.15) is 5.26 Å². The van der Waals surface area contributed by atoms with Crippen molar-refractivity contribution >= 4 is 22.1 Å². The normalized spacial score (nSPS) is 23.7. The van der Waals surface area contributed by atoms with Crippen LogP contribution >= 0.6 is 0 Å². The molecule has 4 aromatic heterocycles. The summed E-state index contributed by atoms with van der Waals surface area (Å²) in [5.74, 6) is 1.60. The predicted molar refractivity (Wildman–Crippen MR) is 106 cm³/mol. The fourth-order valence-corrected chi connectivity index (χ4v) is 5.31. The number of halogens is 1.